The first kappa shape index (κ1) is 15.7. The van der Waals surface area contributed by atoms with Crippen molar-refractivity contribution in [3.05, 3.63) is 47.7 Å². The molecule has 0 spiro atoms. The minimum atomic E-state index is -0.470. The van der Waals surface area contributed by atoms with Crippen LogP contribution >= 0.6 is 0 Å². The molecule has 0 radical (unpaired) electrons. The lowest BCUT2D eigenvalue weighted by atomic mass is 10.0. The van der Waals surface area contributed by atoms with Crippen LogP contribution in [0, 0.1) is 6.92 Å². The first-order valence-electron chi connectivity index (χ1n) is 7.80. The molecule has 122 valence electrons. The molecule has 1 aliphatic rings. The van der Waals surface area contributed by atoms with Gasteiger partial charge in [-0.1, -0.05) is 35.5 Å². The fourth-order valence-electron chi connectivity index (χ4n) is 2.76. The molecule has 1 aliphatic heterocycles. The van der Waals surface area contributed by atoms with Gasteiger partial charge in [-0.2, -0.15) is 0 Å². The Morgan fingerprint density at radius 3 is 2.74 bits per heavy atom. The van der Waals surface area contributed by atoms with Gasteiger partial charge in [0.15, 0.2) is 5.82 Å². The van der Waals surface area contributed by atoms with E-state index in [4.69, 9.17) is 9.26 Å². The summed E-state index contributed by atoms with van der Waals surface area (Å²) < 4.78 is 10.6. The molecule has 2 aromatic rings. The molecule has 1 aromatic carbocycles. The fraction of sp³-hybridized carbons (Fsp3) is 0.412. The monoisotopic (exact) mass is 315 g/mol. The molecule has 6 heteroatoms. The number of aromatic nitrogens is 1. The van der Waals surface area contributed by atoms with Gasteiger partial charge in [0.2, 0.25) is 5.91 Å². The van der Waals surface area contributed by atoms with E-state index in [2.05, 4.69) is 15.8 Å². The molecule has 23 heavy (non-hydrogen) atoms. The first-order chi connectivity index (χ1) is 11.1. The van der Waals surface area contributed by atoms with E-state index in [9.17, 15) is 4.79 Å². The van der Waals surface area contributed by atoms with E-state index >= 15 is 0 Å². The smallest absolute Gasteiger partial charge is 0.247 e. The predicted octanol–water partition coefficient (Wildman–Crippen LogP) is 2.43. The van der Waals surface area contributed by atoms with Gasteiger partial charge in [-0.15, -0.1) is 0 Å². The van der Waals surface area contributed by atoms with Crippen LogP contribution in [0.4, 0.5) is 5.82 Å². The van der Waals surface area contributed by atoms with Gasteiger partial charge in [0.1, 0.15) is 11.8 Å². The van der Waals surface area contributed by atoms with Crippen molar-refractivity contribution in [2.75, 3.05) is 11.9 Å². The number of aryl methyl sites for hydroxylation is 1. The van der Waals surface area contributed by atoms with Gasteiger partial charge in [-0.3, -0.25) is 10.1 Å². The van der Waals surface area contributed by atoms with Gasteiger partial charge in [0.05, 0.1) is 6.10 Å². The van der Waals surface area contributed by atoms with E-state index in [0.717, 1.165) is 12.0 Å². The molecule has 0 saturated carbocycles. The zero-order valence-corrected chi connectivity index (χ0v) is 13.3. The predicted molar refractivity (Wildman–Crippen MR) is 86.0 cm³/mol. The lowest BCUT2D eigenvalue weighted by Crippen LogP contribution is -2.42. The summed E-state index contributed by atoms with van der Waals surface area (Å²) >= 11 is 0. The number of ether oxygens (including phenoxy) is 1. The summed E-state index contributed by atoms with van der Waals surface area (Å²) in [7, 11) is 0. The molecular weight excluding hydrogens is 294 g/mol. The third kappa shape index (κ3) is 3.78. The average Bonchev–Trinajstić information content (AvgIpc) is 3.14. The first-order valence-corrected chi connectivity index (χ1v) is 7.80. The quantitative estimate of drug-likeness (QED) is 0.886. The minimum Gasteiger partial charge on any atom is -0.377 e. The van der Waals surface area contributed by atoms with Crippen LogP contribution in [-0.4, -0.2) is 29.8 Å². The molecule has 2 heterocycles. The van der Waals surface area contributed by atoms with E-state index in [-0.39, 0.29) is 18.1 Å². The number of hydrogen-bond acceptors (Lipinski definition) is 5. The molecule has 3 atom stereocenters. The van der Waals surface area contributed by atoms with Crippen LogP contribution in [0.25, 0.3) is 0 Å². The van der Waals surface area contributed by atoms with Crippen LogP contribution in [0.3, 0.4) is 0 Å². The van der Waals surface area contributed by atoms with E-state index in [1.54, 1.807) is 13.0 Å². The minimum absolute atomic E-state index is 0.0864. The van der Waals surface area contributed by atoms with Crippen LogP contribution in [-0.2, 0) is 9.53 Å². The molecule has 0 aliphatic carbocycles. The normalized spacial score (nSPS) is 22.0. The van der Waals surface area contributed by atoms with Gasteiger partial charge in [0, 0.05) is 18.7 Å². The molecule has 1 unspecified atom stereocenters. The highest BCUT2D eigenvalue weighted by atomic mass is 16.5. The molecule has 1 aromatic heterocycles. The second-order valence-corrected chi connectivity index (χ2v) is 5.79. The Hall–Kier alpha value is -2.18. The van der Waals surface area contributed by atoms with E-state index < -0.39 is 6.04 Å². The molecular formula is C17H21N3O3. The van der Waals surface area contributed by atoms with Gasteiger partial charge in [-0.05, 0) is 25.8 Å². The number of carbonyl (C=O) groups excluding carboxylic acids is 1. The lowest BCUT2D eigenvalue weighted by Gasteiger charge is -2.24. The Kier molecular flexibility index (Phi) is 4.73. The number of hydrogen-bond donors (Lipinski definition) is 2. The van der Waals surface area contributed by atoms with Crippen molar-refractivity contribution in [1.82, 2.24) is 10.5 Å². The van der Waals surface area contributed by atoms with Crippen LogP contribution < -0.4 is 10.6 Å². The van der Waals surface area contributed by atoms with Crippen LogP contribution in [0.2, 0.25) is 0 Å². The third-order valence-electron chi connectivity index (χ3n) is 4.03. The maximum Gasteiger partial charge on any atom is 0.247 e. The van der Waals surface area contributed by atoms with Crippen molar-refractivity contribution in [1.29, 1.82) is 0 Å². The third-order valence-corrected chi connectivity index (χ3v) is 4.03. The largest absolute Gasteiger partial charge is 0.377 e. The summed E-state index contributed by atoms with van der Waals surface area (Å²) in [6.45, 7) is 4.52. The Morgan fingerprint density at radius 1 is 1.35 bits per heavy atom. The number of benzene rings is 1. The summed E-state index contributed by atoms with van der Waals surface area (Å²) in [6.07, 6.45) is 0.976. The molecule has 6 nitrogen and oxygen atoms in total. The average molecular weight is 315 g/mol. The number of nitrogens with one attached hydrogen (secondary N) is 2. The Labute approximate surface area is 135 Å². The van der Waals surface area contributed by atoms with E-state index in [1.807, 2.05) is 37.3 Å². The maximum absolute atomic E-state index is 12.7. The van der Waals surface area contributed by atoms with Crippen LogP contribution in [0.5, 0.6) is 0 Å². The van der Waals surface area contributed by atoms with Crippen molar-refractivity contribution >= 4 is 11.7 Å². The fourth-order valence-corrected chi connectivity index (χ4v) is 2.76. The van der Waals surface area contributed by atoms with Gasteiger partial charge in [0.25, 0.3) is 0 Å². The Balaban J connectivity index is 1.78. The number of amides is 1. The van der Waals surface area contributed by atoms with Crippen LogP contribution in [0.1, 0.15) is 30.7 Å². The van der Waals surface area contributed by atoms with E-state index in [1.165, 1.54) is 0 Å². The molecule has 0 bridgehead atoms. The lowest BCUT2D eigenvalue weighted by molar-refractivity contribution is -0.118. The topological polar surface area (TPSA) is 76.4 Å². The Morgan fingerprint density at radius 2 is 2.13 bits per heavy atom. The second kappa shape index (κ2) is 6.93. The SMILES string of the molecule is Cc1cc(NC(=O)C(N[C@H]2CCO[C@H]2C)c2ccccc2)no1. The summed E-state index contributed by atoms with van der Waals surface area (Å²) in [5.41, 5.74) is 0.907. The number of nitrogens with zero attached hydrogens (tertiary/aromatic N) is 1. The maximum atomic E-state index is 12.7. The molecule has 2 N–H and O–H groups in total. The van der Waals surface area contributed by atoms with Crippen molar-refractivity contribution in [2.45, 2.75) is 38.5 Å². The number of anilines is 1. The van der Waals surface area contributed by atoms with Crippen molar-refractivity contribution in [2.24, 2.45) is 0 Å². The second-order valence-electron chi connectivity index (χ2n) is 5.79. The van der Waals surface area contributed by atoms with Gasteiger partial charge >= 0.3 is 0 Å². The van der Waals surface area contributed by atoms with Crippen molar-refractivity contribution < 1.29 is 14.1 Å². The zero-order valence-electron chi connectivity index (χ0n) is 13.3. The summed E-state index contributed by atoms with van der Waals surface area (Å²) in [5.74, 6) is 0.914. The van der Waals surface area contributed by atoms with Crippen molar-refractivity contribution in [3.63, 3.8) is 0 Å². The summed E-state index contributed by atoms with van der Waals surface area (Å²) in [4.78, 5) is 12.7. The summed E-state index contributed by atoms with van der Waals surface area (Å²) in [5, 5.41) is 10.0. The summed E-state index contributed by atoms with van der Waals surface area (Å²) in [6, 6.07) is 11.0. The number of carbonyl (C=O) groups is 1. The highest BCUT2D eigenvalue weighted by molar-refractivity contribution is 5.94. The van der Waals surface area contributed by atoms with Crippen molar-refractivity contribution in [3.8, 4) is 0 Å². The van der Waals surface area contributed by atoms with E-state index in [0.29, 0.717) is 18.2 Å². The van der Waals surface area contributed by atoms with Crippen LogP contribution in [0.15, 0.2) is 40.9 Å². The number of rotatable bonds is 5. The Bertz CT molecular complexity index is 656. The van der Waals surface area contributed by atoms with Gasteiger partial charge < -0.3 is 14.6 Å². The molecule has 1 amide bonds. The zero-order chi connectivity index (χ0) is 16.2. The highest BCUT2D eigenvalue weighted by Crippen LogP contribution is 2.21. The molecule has 3 rings (SSSR count). The standard InChI is InChI=1S/C17H21N3O3/c1-11-10-15(20-23-11)19-17(21)16(13-6-4-3-5-7-13)18-14-8-9-22-12(14)2/h3-7,10,12,14,16,18H,8-9H2,1-2H3,(H,19,20,21)/t12-,14-,16?/m0/s1. The van der Waals surface area contributed by atoms with Gasteiger partial charge in [-0.25, -0.2) is 0 Å². The highest BCUT2D eigenvalue weighted by Gasteiger charge is 2.30. The molecule has 1 fully saturated rings. The molecule has 1 saturated heterocycles.